The minimum atomic E-state index is -0.343. The lowest BCUT2D eigenvalue weighted by Crippen LogP contribution is -2.39. The minimum Gasteiger partial charge on any atom is -0.353 e. The molecule has 2 heterocycles. The predicted molar refractivity (Wildman–Crippen MR) is 128 cm³/mol. The molecule has 3 nitrogen and oxygen atoms in total. The molecular weight excluding hydrogens is 432 g/mol. The number of ketones is 1. The average molecular weight is 457 g/mol. The fourth-order valence-electron chi connectivity index (χ4n) is 3.74. The monoisotopic (exact) mass is 456 g/mol. The fourth-order valence-corrected chi connectivity index (χ4v) is 4.88. The van der Waals surface area contributed by atoms with Gasteiger partial charge in [0.2, 0.25) is 0 Å². The van der Waals surface area contributed by atoms with E-state index in [2.05, 4.69) is 9.97 Å². The van der Waals surface area contributed by atoms with E-state index in [1.807, 2.05) is 66.9 Å². The van der Waals surface area contributed by atoms with Gasteiger partial charge in [-0.05, 0) is 54.8 Å². The molecule has 1 N–H and O–H groups in total. The number of hydrogen-bond donors (Lipinski definition) is 1. The van der Waals surface area contributed by atoms with Crippen LogP contribution in [0.15, 0.2) is 78.1 Å². The van der Waals surface area contributed by atoms with Crippen molar-refractivity contribution in [1.82, 2.24) is 9.97 Å². The lowest BCUT2D eigenvalue weighted by atomic mass is 9.67. The number of hydrogen-bond acceptors (Lipinski definition) is 4. The molecule has 1 aromatic carbocycles. The Hall–Kier alpha value is -1.95. The van der Waals surface area contributed by atoms with Crippen molar-refractivity contribution in [3.63, 3.8) is 0 Å². The summed E-state index contributed by atoms with van der Waals surface area (Å²) in [5.74, 6) is 0.787. The SMILES string of the molecule is O=C(CSc1ccccn1)C1(c2ccc(Cl)cc2)CCCCC1.S=c1cccc[nH]1. The summed E-state index contributed by atoms with van der Waals surface area (Å²) in [7, 11) is 0. The predicted octanol–water partition coefficient (Wildman–Crippen LogP) is 7.04. The zero-order chi connectivity index (χ0) is 21.2. The molecule has 0 radical (unpaired) electrons. The molecule has 4 rings (SSSR count). The van der Waals surface area contributed by atoms with Crippen molar-refractivity contribution in [3.05, 3.63) is 88.3 Å². The van der Waals surface area contributed by atoms with Gasteiger partial charge in [0, 0.05) is 17.4 Å². The second kappa shape index (κ2) is 11.4. The lowest BCUT2D eigenvalue weighted by Gasteiger charge is -2.36. The van der Waals surface area contributed by atoms with Crippen molar-refractivity contribution < 1.29 is 4.79 Å². The third-order valence-corrected chi connectivity index (χ3v) is 6.76. The number of halogens is 1. The van der Waals surface area contributed by atoms with Crippen molar-refractivity contribution >= 4 is 41.4 Å². The van der Waals surface area contributed by atoms with E-state index in [0.29, 0.717) is 11.5 Å². The molecular formula is C24H25ClN2OS2. The Morgan fingerprint density at radius 1 is 1.03 bits per heavy atom. The van der Waals surface area contributed by atoms with Gasteiger partial charge in [-0.3, -0.25) is 4.79 Å². The van der Waals surface area contributed by atoms with Gasteiger partial charge in [0.25, 0.3) is 0 Å². The number of pyridine rings is 2. The Bertz CT molecular complexity index is 966. The number of benzene rings is 1. The van der Waals surface area contributed by atoms with Crippen LogP contribution in [-0.2, 0) is 10.2 Å². The number of aromatic nitrogens is 2. The molecule has 0 spiro atoms. The van der Waals surface area contributed by atoms with Gasteiger partial charge in [-0.1, -0.05) is 79.1 Å². The topological polar surface area (TPSA) is 45.8 Å². The molecule has 0 amide bonds. The zero-order valence-electron chi connectivity index (χ0n) is 16.7. The molecule has 1 fully saturated rings. The summed E-state index contributed by atoms with van der Waals surface area (Å²) in [4.78, 5) is 20.2. The number of rotatable bonds is 5. The van der Waals surface area contributed by atoms with Crippen LogP contribution in [0.25, 0.3) is 0 Å². The third-order valence-electron chi connectivity index (χ3n) is 5.31. The van der Waals surface area contributed by atoms with Gasteiger partial charge < -0.3 is 4.98 Å². The van der Waals surface area contributed by atoms with Gasteiger partial charge in [0.15, 0.2) is 5.78 Å². The maximum absolute atomic E-state index is 13.1. The maximum atomic E-state index is 13.1. The van der Waals surface area contributed by atoms with E-state index in [1.165, 1.54) is 18.2 Å². The van der Waals surface area contributed by atoms with Gasteiger partial charge >= 0.3 is 0 Å². The van der Waals surface area contributed by atoms with Crippen LogP contribution in [0.4, 0.5) is 0 Å². The van der Waals surface area contributed by atoms with Crippen molar-refractivity contribution in [3.8, 4) is 0 Å². The van der Waals surface area contributed by atoms with Gasteiger partial charge in [0.1, 0.15) is 4.64 Å². The van der Waals surface area contributed by atoms with E-state index in [9.17, 15) is 4.79 Å². The number of H-pyrrole nitrogens is 1. The summed E-state index contributed by atoms with van der Waals surface area (Å²) in [5, 5.41) is 1.62. The van der Waals surface area contributed by atoms with Crippen molar-refractivity contribution in [2.24, 2.45) is 0 Å². The molecule has 30 heavy (non-hydrogen) atoms. The molecule has 156 valence electrons. The molecule has 0 aliphatic heterocycles. The molecule has 2 aromatic heterocycles. The first-order chi connectivity index (χ1) is 14.6. The van der Waals surface area contributed by atoms with Crippen LogP contribution >= 0.6 is 35.6 Å². The fraction of sp³-hybridized carbons (Fsp3) is 0.292. The molecule has 6 heteroatoms. The normalized spacial score (nSPS) is 15.0. The molecule has 1 aliphatic rings. The number of nitrogens with one attached hydrogen (secondary N) is 1. The van der Waals surface area contributed by atoms with Gasteiger partial charge in [0.05, 0.1) is 16.2 Å². The van der Waals surface area contributed by atoms with E-state index in [1.54, 1.807) is 6.20 Å². The number of carbonyl (C=O) groups is 1. The molecule has 0 saturated heterocycles. The minimum absolute atomic E-state index is 0.315. The zero-order valence-corrected chi connectivity index (χ0v) is 19.1. The van der Waals surface area contributed by atoms with Crippen LogP contribution in [0.1, 0.15) is 37.7 Å². The van der Waals surface area contributed by atoms with E-state index in [-0.39, 0.29) is 5.41 Å². The summed E-state index contributed by atoms with van der Waals surface area (Å²) in [6.07, 6.45) is 8.90. The summed E-state index contributed by atoms with van der Waals surface area (Å²) >= 11 is 12.3. The van der Waals surface area contributed by atoms with Crippen LogP contribution in [0.3, 0.4) is 0 Å². The Morgan fingerprint density at radius 3 is 2.33 bits per heavy atom. The highest BCUT2D eigenvalue weighted by Gasteiger charge is 2.40. The molecule has 0 unspecified atom stereocenters. The third kappa shape index (κ3) is 6.27. The quantitative estimate of drug-likeness (QED) is 0.330. The Balaban J connectivity index is 0.000000310. The average Bonchev–Trinajstić information content (AvgIpc) is 2.80. The van der Waals surface area contributed by atoms with E-state index in [0.717, 1.165) is 45.9 Å². The van der Waals surface area contributed by atoms with E-state index < -0.39 is 0 Å². The number of thioether (sulfide) groups is 1. The maximum Gasteiger partial charge on any atom is 0.153 e. The second-order valence-electron chi connectivity index (χ2n) is 7.26. The van der Waals surface area contributed by atoms with Crippen LogP contribution < -0.4 is 0 Å². The Labute approximate surface area is 192 Å². The van der Waals surface area contributed by atoms with Gasteiger partial charge in [-0.25, -0.2) is 4.98 Å². The van der Waals surface area contributed by atoms with E-state index in [4.69, 9.17) is 23.8 Å². The number of carbonyl (C=O) groups excluding carboxylic acids is 1. The molecule has 1 saturated carbocycles. The van der Waals surface area contributed by atoms with Gasteiger partial charge in [-0.2, -0.15) is 0 Å². The van der Waals surface area contributed by atoms with Crippen LogP contribution in [0.2, 0.25) is 5.02 Å². The molecule has 0 bridgehead atoms. The lowest BCUT2D eigenvalue weighted by molar-refractivity contribution is -0.123. The Morgan fingerprint density at radius 2 is 1.77 bits per heavy atom. The largest absolute Gasteiger partial charge is 0.353 e. The standard InChI is InChI=1S/C19H20ClNOS.C5H5NS/c20-16-9-7-15(8-10-16)19(11-3-1-4-12-19)17(22)14-23-18-6-2-5-13-21-18;7-5-3-1-2-4-6-5/h2,5-10,13H,1,3-4,11-12,14H2;1-4H,(H,6,7). The first-order valence-corrected chi connectivity index (χ1v) is 11.8. The summed E-state index contributed by atoms with van der Waals surface area (Å²) in [6.45, 7) is 0. The summed E-state index contributed by atoms with van der Waals surface area (Å²) < 4.78 is 0.780. The van der Waals surface area contributed by atoms with Crippen LogP contribution in [-0.4, -0.2) is 21.5 Å². The van der Waals surface area contributed by atoms with E-state index >= 15 is 0 Å². The van der Waals surface area contributed by atoms with Crippen molar-refractivity contribution in [1.29, 1.82) is 0 Å². The van der Waals surface area contributed by atoms with Crippen LogP contribution in [0, 0.1) is 4.64 Å². The molecule has 1 aliphatic carbocycles. The summed E-state index contributed by atoms with van der Waals surface area (Å²) in [5.41, 5.74) is 0.776. The second-order valence-corrected chi connectivity index (χ2v) is 9.13. The highest BCUT2D eigenvalue weighted by molar-refractivity contribution is 7.99. The molecule has 0 atom stereocenters. The first kappa shape index (κ1) is 22.7. The number of aromatic amines is 1. The first-order valence-electron chi connectivity index (χ1n) is 10.1. The number of nitrogens with zero attached hydrogens (tertiary/aromatic N) is 1. The molecule has 3 aromatic rings. The van der Waals surface area contributed by atoms with Gasteiger partial charge in [-0.15, -0.1) is 0 Å². The summed E-state index contributed by atoms with van der Waals surface area (Å²) in [6, 6.07) is 19.3. The smallest absolute Gasteiger partial charge is 0.153 e. The highest BCUT2D eigenvalue weighted by atomic mass is 35.5. The number of Topliss-reactive ketones (excluding diaryl/α,β-unsaturated/α-hetero) is 1. The highest BCUT2D eigenvalue weighted by Crippen LogP contribution is 2.41. The van der Waals surface area contributed by atoms with Crippen LogP contribution in [0.5, 0.6) is 0 Å². The Kier molecular flexibility index (Phi) is 8.67. The van der Waals surface area contributed by atoms with Crippen molar-refractivity contribution in [2.45, 2.75) is 42.5 Å². The van der Waals surface area contributed by atoms with Crippen molar-refractivity contribution in [2.75, 3.05) is 5.75 Å².